The van der Waals surface area contributed by atoms with Crippen LogP contribution >= 0.6 is 0 Å². The maximum absolute atomic E-state index is 13.0. The second-order valence-corrected chi connectivity index (χ2v) is 6.67. The number of ether oxygens (including phenoxy) is 3. The number of aryl methyl sites for hydroxylation is 2. The van der Waals surface area contributed by atoms with Gasteiger partial charge in [0, 0.05) is 29.6 Å². The predicted molar refractivity (Wildman–Crippen MR) is 101 cm³/mol. The lowest BCUT2D eigenvalue weighted by Crippen LogP contribution is -2.44. The highest BCUT2D eigenvalue weighted by molar-refractivity contribution is 5.95. The Morgan fingerprint density at radius 3 is 2.26 bits per heavy atom. The number of hydrogen-bond donors (Lipinski definition) is 0. The first-order valence-electron chi connectivity index (χ1n) is 9.00. The van der Waals surface area contributed by atoms with Gasteiger partial charge in [-0.1, -0.05) is 0 Å². The van der Waals surface area contributed by atoms with E-state index in [9.17, 15) is 4.79 Å². The van der Waals surface area contributed by atoms with Crippen LogP contribution in [0.1, 0.15) is 34.6 Å². The molecule has 0 aliphatic carbocycles. The van der Waals surface area contributed by atoms with Crippen LogP contribution in [0.2, 0.25) is 0 Å². The molecule has 7 heteroatoms. The maximum Gasteiger partial charge on any atom is 0.317 e. The zero-order valence-corrected chi connectivity index (χ0v) is 16.2. The Morgan fingerprint density at radius 1 is 1.04 bits per heavy atom. The summed E-state index contributed by atoms with van der Waals surface area (Å²) < 4.78 is 16.5. The van der Waals surface area contributed by atoms with E-state index in [1.54, 1.807) is 37.3 Å². The second-order valence-electron chi connectivity index (χ2n) is 6.67. The fourth-order valence-corrected chi connectivity index (χ4v) is 3.23. The molecule has 0 radical (unpaired) electrons. The van der Waals surface area contributed by atoms with Crippen molar-refractivity contribution in [2.75, 3.05) is 27.3 Å². The van der Waals surface area contributed by atoms with Crippen LogP contribution in [-0.4, -0.2) is 54.2 Å². The minimum absolute atomic E-state index is 0.0677. The summed E-state index contributed by atoms with van der Waals surface area (Å²) in [5.74, 6) is 1.11. The average Bonchev–Trinajstić information content (AvgIpc) is 2.66. The van der Waals surface area contributed by atoms with Gasteiger partial charge in [-0.3, -0.25) is 4.79 Å². The molecule has 27 heavy (non-hydrogen) atoms. The lowest BCUT2D eigenvalue weighted by Gasteiger charge is -2.32. The van der Waals surface area contributed by atoms with Gasteiger partial charge in [-0.15, -0.1) is 0 Å². The van der Waals surface area contributed by atoms with Gasteiger partial charge in [-0.25, -0.2) is 9.97 Å². The molecule has 1 fully saturated rings. The van der Waals surface area contributed by atoms with Crippen LogP contribution in [0.25, 0.3) is 0 Å². The Kier molecular flexibility index (Phi) is 5.78. The number of rotatable bonds is 5. The number of carbonyl (C=O) groups is 1. The van der Waals surface area contributed by atoms with Gasteiger partial charge < -0.3 is 19.1 Å². The van der Waals surface area contributed by atoms with Crippen molar-refractivity contribution < 1.29 is 19.0 Å². The summed E-state index contributed by atoms with van der Waals surface area (Å²) in [6.45, 7) is 5.00. The summed E-state index contributed by atoms with van der Waals surface area (Å²) in [4.78, 5) is 23.4. The van der Waals surface area contributed by atoms with Crippen molar-refractivity contribution in [3.8, 4) is 17.5 Å². The third kappa shape index (κ3) is 4.67. The molecule has 0 spiro atoms. The third-order valence-corrected chi connectivity index (χ3v) is 4.50. The number of likely N-dealkylation sites (tertiary alicyclic amines) is 1. The minimum Gasteiger partial charge on any atom is -0.497 e. The maximum atomic E-state index is 13.0. The first-order chi connectivity index (χ1) is 13.0. The molecule has 144 valence electrons. The molecular formula is C20H25N3O4. The van der Waals surface area contributed by atoms with Crippen molar-refractivity contribution in [1.82, 2.24) is 14.9 Å². The van der Waals surface area contributed by atoms with E-state index < -0.39 is 0 Å². The van der Waals surface area contributed by atoms with Crippen LogP contribution in [0, 0.1) is 13.8 Å². The summed E-state index contributed by atoms with van der Waals surface area (Å²) in [6, 6.07) is 7.47. The van der Waals surface area contributed by atoms with Gasteiger partial charge in [0.05, 0.1) is 20.8 Å². The SMILES string of the molecule is COc1cc(OC)cc(C(=O)N2CCCC(Oc3nc(C)cc(C)n3)C2)c1. The number of aromatic nitrogens is 2. The highest BCUT2D eigenvalue weighted by Crippen LogP contribution is 2.25. The van der Waals surface area contributed by atoms with Crippen molar-refractivity contribution in [3.63, 3.8) is 0 Å². The van der Waals surface area contributed by atoms with E-state index in [-0.39, 0.29) is 12.0 Å². The lowest BCUT2D eigenvalue weighted by atomic mass is 10.1. The molecule has 1 amide bonds. The Hall–Kier alpha value is -2.83. The molecule has 0 bridgehead atoms. The molecule has 3 rings (SSSR count). The fraction of sp³-hybridized carbons (Fsp3) is 0.450. The molecule has 1 aromatic heterocycles. The van der Waals surface area contributed by atoms with E-state index in [0.29, 0.717) is 36.2 Å². The molecule has 1 atom stereocenters. The average molecular weight is 371 g/mol. The normalized spacial score (nSPS) is 16.7. The molecule has 1 aliphatic rings. The van der Waals surface area contributed by atoms with Crippen LogP contribution in [0.4, 0.5) is 0 Å². The van der Waals surface area contributed by atoms with Gasteiger partial charge in [-0.2, -0.15) is 0 Å². The summed E-state index contributed by atoms with van der Waals surface area (Å²) in [5, 5.41) is 0. The molecular weight excluding hydrogens is 346 g/mol. The topological polar surface area (TPSA) is 73.8 Å². The number of piperidine rings is 1. The van der Waals surface area contributed by atoms with Crippen molar-refractivity contribution >= 4 is 5.91 Å². The van der Waals surface area contributed by atoms with Crippen LogP contribution < -0.4 is 14.2 Å². The molecule has 1 aliphatic heterocycles. The minimum atomic E-state index is -0.128. The quantitative estimate of drug-likeness (QED) is 0.805. The van der Waals surface area contributed by atoms with E-state index in [2.05, 4.69) is 9.97 Å². The zero-order chi connectivity index (χ0) is 19.4. The Bertz CT molecular complexity index is 782. The van der Waals surface area contributed by atoms with Crippen LogP contribution in [-0.2, 0) is 0 Å². The number of carbonyl (C=O) groups excluding carboxylic acids is 1. The van der Waals surface area contributed by atoms with Gasteiger partial charge in [0.2, 0.25) is 0 Å². The largest absolute Gasteiger partial charge is 0.497 e. The van der Waals surface area contributed by atoms with Crippen LogP contribution in [0.5, 0.6) is 17.5 Å². The fourth-order valence-electron chi connectivity index (χ4n) is 3.23. The van der Waals surface area contributed by atoms with Crippen LogP contribution in [0.3, 0.4) is 0 Å². The first kappa shape index (κ1) is 18.9. The molecule has 1 aromatic carbocycles. The van der Waals surface area contributed by atoms with Gasteiger partial charge >= 0.3 is 6.01 Å². The monoisotopic (exact) mass is 371 g/mol. The van der Waals surface area contributed by atoms with E-state index in [4.69, 9.17) is 14.2 Å². The van der Waals surface area contributed by atoms with Crippen molar-refractivity contribution in [3.05, 3.63) is 41.2 Å². The highest BCUT2D eigenvalue weighted by atomic mass is 16.5. The smallest absolute Gasteiger partial charge is 0.317 e. The van der Waals surface area contributed by atoms with Gasteiger partial charge in [-0.05, 0) is 44.9 Å². The van der Waals surface area contributed by atoms with Gasteiger partial charge in [0.15, 0.2) is 0 Å². The number of nitrogens with zero attached hydrogens (tertiary/aromatic N) is 3. The third-order valence-electron chi connectivity index (χ3n) is 4.50. The Labute approximate surface area is 159 Å². The molecule has 7 nitrogen and oxygen atoms in total. The molecule has 0 N–H and O–H groups in total. The van der Waals surface area contributed by atoms with Crippen molar-refractivity contribution in [2.24, 2.45) is 0 Å². The number of benzene rings is 1. The predicted octanol–water partition coefficient (Wildman–Crippen LogP) is 2.79. The lowest BCUT2D eigenvalue weighted by molar-refractivity contribution is 0.0514. The van der Waals surface area contributed by atoms with Gasteiger partial charge in [0.25, 0.3) is 5.91 Å². The zero-order valence-electron chi connectivity index (χ0n) is 16.2. The number of hydrogen-bond acceptors (Lipinski definition) is 6. The van der Waals surface area contributed by atoms with Crippen molar-refractivity contribution in [2.45, 2.75) is 32.8 Å². The molecule has 2 aromatic rings. The van der Waals surface area contributed by atoms with E-state index in [1.165, 1.54) is 0 Å². The second kappa shape index (κ2) is 8.24. The van der Waals surface area contributed by atoms with Crippen molar-refractivity contribution in [1.29, 1.82) is 0 Å². The molecule has 2 heterocycles. The van der Waals surface area contributed by atoms with Gasteiger partial charge in [0.1, 0.15) is 17.6 Å². The summed E-state index contributed by atoms with van der Waals surface area (Å²) in [5.41, 5.74) is 2.27. The summed E-state index contributed by atoms with van der Waals surface area (Å²) in [6.07, 6.45) is 1.60. The van der Waals surface area contributed by atoms with E-state index >= 15 is 0 Å². The molecule has 0 saturated carbocycles. The molecule has 1 saturated heterocycles. The van der Waals surface area contributed by atoms with E-state index in [1.807, 2.05) is 19.9 Å². The standard InChI is InChI=1S/C20H25N3O4/c1-13-8-14(2)22-20(21-13)27-16-6-5-7-23(12-16)19(24)15-9-17(25-3)11-18(10-15)26-4/h8-11,16H,5-7,12H2,1-4H3. The number of methoxy groups -OCH3 is 2. The summed E-state index contributed by atoms with van der Waals surface area (Å²) in [7, 11) is 3.13. The first-order valence-corrected chi connectivity index (χ1v) is 9.00. The Morgan fingerprint density at radius 2 is 1.67 bits per heavy atom. The number of amides is 1. The summed E-state index contributed by atoms with van der Waals surface area (Å²) >= 11 is 0. The Balaban J connectivity index is 1.73. The highest BCUT2D eigenvalue weighted by Gasteiger charge is 2.27. The molecule has 1 unspecified atom stereocenters. The van der Waals surface area contributed by atoms with Crippen LogP contribution in [0.15, 0.2) is 24.3 Å². The van der Waals surface area contributed by atoms with E-state index in [0.717, 1.165) is 24.2 Å².